The van der Waals surface area contributed by atoms with E-state index in [9.17, 15) is 8.42 Å². The molecule has 0 aliphatic heterocycles. The van der Waals surface area contributed by atoms with Crippen molar-refractivity contribution in [1.29, 1.82) is 0 Å². The predicted octanol–water partition coefficient (Wildman–Crippen LogP) is 5.06. The second-order valence-corrected chi connectivity index (χ2v) is 9.03. The minimum absolute atomic E-state index is 0.308. The maximum absolute atomic E-state index is 11.7. The van der Waals surface area contributed by atoms with Gasteiger partial charge in [0.1, 0.15) is 5.01 Å². The van der Waals surface area contributed by atoms with Crippen LogP contribution in [0, 0.1) is 0 Å². The molecule has 0 saturated heterocycles. The summed E-state index contributed by atoms with van der Waals surface area (Å²) in [7, 11) is -3.21. The van der Waals surface area contributed by atoms with Crippen LogP contribution < -0.4 is 4.74 Å². The zero-order chi connectivity index (χ0) is 18.6. The minimum Gasteiger partial charge on any atom is -0.477 e. The Morgan fingerprint density at radius 3 is 2.31 bits per heavy atom. The summed E-state index contributed by atoms with van der Waals surface area (Å²) < 4.78 is 29.3. The number of sulfone groups is 1. The van der Waals surface area contributed by atoms with Gasteiger partial charge in [-0.25, -0.2) is 13.4 Å². The Bertz CT molecular complexity index is 962. The van der Waals surface area contributed by atoms with E-state index in [1.54, 1.807) is 23.5 Å². The molecule has 0 unspecified atom stereocenters. The van der Waals surface area contributed by atoms with Crippen molar-refractivity contribution in [3.05, 3.63) is 54.6 Å². The fourth-order valence-corrected chi connectivity index (χ4v) is 4.11. The van der Waals surface area contributed by atoms with Gasteiger partial charge in [-0.1, -0.05) is 55.8 Å². The highest BCUT2D eigenvalue weighted by molar-refractivity contribution is 7.90. The quantitative estimate of drug-likeness (QED) is 0.532. The number of aromatic nitrogens is 1. The number of ether oxygens (including phenoxy) is 1. The molecule has 0 N–H and O–H groups in total. The first-order valence-electron chi connectivity index (χ1n) is 8.48. The van der Waals surface area contributed by atoms with Gasteiger partial charge in [-0.3, -0.25) is 0 Å². The van der Waals surface area contributed by atoms with Crippen LogP contribution in [0.3, 0.4) is 0 Å². The molecule has 0 atom stereocenters. The van der Waals surface area contributed by atoms with Crippen LogP contribution in [0.15, 0.2) is 59.5 Å². The van der Waals surface area contributed by atoms with Crippen LogP contribution in [0.2, 0.25) is 0 Å². The molecule has 0 saturated carbocycles. The normalized spacial score (nSPS) is 11.5. The predicted molar refractivity (Wildman–Crippen MR) is 106 cm³/mol. The average molecular weight is 388 g/mol. The second-order valence-electron chi connectivity index (χ2n) is 6.02. The topological polar surface area (TPSA) is 56.3 Å². The molecule has 2 aromatic carbocycles. The third kappa shape index (κ3) is 4.31. The standard InChI is InChI=1S/C20H21NO3S2/c1-3-4-14-24-19-18(15-10-12-17(13-11-15)26(2,22)23)25-20(21-19)16-8-6-5-7-9-16/h5-13H,3-4,14H2,1-2H3. The van der Waals surface area contributed by atoms with Gasteiger partial charge in [0.15, 0.2) is 9.84 Å². The van der Waals surface area contributed by atoms with Gasteiger partial charge in [0.05, 0.1) is 16.4 Å². The van der Waals surface area contributed by atoms with Crippen LogP contribution in [0.1, 0.15) is 19.8 Å². The Labute approximate surface area is 158 Å². The van der Waals surface area contributed by atoms with Gasteiger partial charge in [-0.15, -0.1) is 11.3 Å². The van der Waals surface area contributed by atoms with E-state index in [4.69, 9.17) is 4.74 Å². The van der Waals surface area contributed by atoms with Gasteiger partial charge in [-0.2, -0.15) is 0 Å². The molecule has 4 nitrogen and oxygen atoms in total. The summed E-state index contributed by atoms with van der Waals surface area (Å²) in [6.07, 6.45) is 3.22. The van der Waals surface area contributed by atoms with Crippen LogP contribution in [0.4, 0.5) is 0 Å². The highest BCUT2D eigenvalue weighted by Crippen LogP contribution is 2.40. The van der Waals surface area contributed by atoms with Gasteiger partial charge in [0, 0.05) is 11.8 Å². The second kappa shape index (κ2) is 8.01. The number of thiazole rings is 1. The molecule has 0 aliphatic carbocycles. The number of unbranched alkanes of at least 4 members (excludes halogenated alkanes) is 1. The fourth-order valence-electron chi connectivity index (χ4n) is 2.46. The van der Waals surface area contributed by atoms with E-state index in [2.05, 4.69) is 11.9 Å². The summed E-state index contributed by atoms with van der Waals surface area (Å²) in [6.45, 7) is 2.73. The van der Waals surface area contributed by atoms with Crippen molar-refractivity contribution in [2.45, 2.75) is 24.7 Å². The molecule has 3 aromatic rings. The smallest absolute Gasteiger partial charge is 0.233 e. The fraction of sp³-hybridized carbons (Fsp3) is 0.250. The van der Waals surface area contributed by atoms with Gasteiger partial charge < -0.3 is 4.74 Å². The van der Waals surface area contributed by atoms with E-state index < -0.39 is 9.84 Å². The molecule has 0 spiro atoms. The molecule has 0 radical (unpaired) electrons. The molecule has 6 heteroatoms. The van der Waals surface area contributed by atoms with Gasteiger partial charge in [0.25, 0.3) is 0 Å². The lowest BCUT2D eigenvalue weighted by Crippen LogP contribution is -1.98. The van der Waals surface area contributed by atoms with Crippen LogP contribution in [0.5, 0.6) is 5.88 Å². The molecular weight excluding hydrogens is 366 g/mol. The van der Waals surface area contributed by atoms with Gasteiger partial charge >= 0.3 is 0 Å². The van der Waals surface area contributed by atoms with E-state index >= 15 is 0 Å². The van der Waals surface area contributed by atoms with Crippen molar-refractivity contribution < 1.29 is 13.2 Å². The zero-order valence-corrected chi connectivity index (χ0v) is 16.4. The molecule has 0 bridgehead atoms. The number of benzene rings is 2. The Morgan fingerprint density at radius 2 is 1.69 bits per heavy atom. The molecule has 0 amide bonds. The van der Waals surface area contributed by atoms with Gasteiger partial charge in [-0.05, 0) is 24.1 Å². The van der Waals surface area contributed by atoms with Gasteiger partial charge in [0.2, 0.25) is 5.88 Å². The molecule has 0 aliphatic rings. The summed E-state index contributed by atoms with van der Waals surface area (Å²) >= 11 is 1.55. The highest BCUT2D eigenvalue weighted by atomic mass is 32.2. The molecule has 26 heavy (non-hydrogen) atoms. The largest absolute Gasteiger partial charge is 0.477 e. The van der Waals surface area contributed by atoms with E-state index in [-0.39, 0.29) is 0 Å². The first-order chi connectivity index (χ1) is 12.5. The third-order valence-electron chi connectivity index (χ3n) is 3.90. The maximum Gasteiger partial charge on any atom is 0.233 e. The van der Waals surface area contributed by atoms with Crippen molar-refractivity contribution in [3.63, 3.8) is 0 Å². The van der Waals surface area contributed by atoms with Crippen molar-refractivity contribution in [1.82, 2.24) is 4.98 Å². The van der Waals surface area contributed by atoms with Crippen LogP contribution in [-0.4, -0.2) is 26.3 Å². The van der Waals surface area contributed by atoms with Crippen LogP contribution >= 0.6 is 11.3 Å². The van der Waals surface area contributed by atoms with Crippen LogP contribution in [-0.2, 0) is 9.84 Å². The number of rotatable bonds is 7. The average Bonchev–Trinajstić information content (AvgIpc) is 3.06. The van der Waals surface area contributed by atoms with Crippen molar-refractivity contribution in [2.75, 3.05) is 12.9 Å². The minimum atomic E-state index is -3.21. The van der Waals surface area contributed by atoms with E-state index in [1.807, 2.05) is 42.5 Å². The Morgan fingerprint density at radius 1 is 1.00 bits per heavy atom. The number of nitrogens with zero attached hydrogens (tertiary/aromatic N) is 1. The Hall–Kier alpha value is -2.18. The Balaban J connectivity index is 1.99. The van der Waals surface area contributed by atoms with E-state index in [1.165, 1.54) is 6.26 Å². The first kappa shape index (κ1) is 18.6. The number of hydrogen-bond donors (Lipinski definition) is 0. The lowest BCUT2D eigenvalue weighted by molar-refractivity contribution is 0.301. The lowest BCUT2D eigenvalue weighted by Gasteiger charge is -2.05. The SMILES string of the molecule is CCCCOc1nc(-c2ccccc2)sc1-c1ccc(S(C)(=O)=O)cc1. The zero-order valence-electron chi connectivity index (χ0n) is 14.8. The summed E-state index contributed by atoms with van der Waals surface area (Å²) in [5.41, 5.74) is 1.94. The molecule has 1 aromatic heterocycles. The van der Waals surface area contributed by atoms with E-state index in [0.29, 0.717) is 17.4 Å². The molecule has 3 rings (SSSR count). The van der Waals surface area contributed by atoms with E-state index in [0.717, 1.165) is 33.9 Å². The monoisotopic (exact) mass is 387 g/mol. The highest BCUT2D eigenvalue weighted by Gasteiger charge is 2.16. The van der Waals surface area contributed by atoms with Crippen molar-refractivity contribution >= 4 is 21.2 Å². The lowest BCUT2D eigenvalue weighted by atomic mass is 10.2. The van der Waals surface area contributed by atoms with Crippen LogP contribution in [0.25, 0.3) is 21.0 Å². The first-order valence-corrected chi connectivity index (χ1v) is 11.2. The van der Waals surface area contributed by atoms with Crippen molar-refractivity contribution in [3.8, 4) is 26.9 Å². The third-order valence-corrected chi connectivity index (χ3v) is 6.16. The summed E-state index contributed by atoms with van der Waals surface area (Å²) in [5.74, 6) is 0.606. The Kier molecular flexibility index (Phi) is 5.74. The molecule has 1 heterocycles. The molecule has 0 fully saturated rings. The number of hydrogen-bond acceptors (Lipinski definition) is 5. The maximum atomic E-state index is 11.7. The summed E-state index contributed by atoms with van der Waals surface area (Å²) in [6, 6.07) is 16.8. The molecular formula is C20H21NO3S2. The summed E-state index contributed by atoms with van der Waals surface area (Å²) in [5, 5.41) is 0.888. The van der Waals surface area contributed by atoms with Crippen molar-refractivity contribution in [2.24, 2.45) is 0 Å². The summed E-state index contributed by atoms with van der Waals surface area (Å²) in [4.78, 5) is 5.90. The molecule has 136 valence electrons.